The lowest BCUT2D eigenvalue weighted by atomic mass is 10.3. The van der Waals surface area contributed by atoms with Gasteiger partial charge in [-0.05, 0) is 13.0 Å². The molecule has 2 N–H and O–H groups in total. The van der Waals surface area contributed by atoms with E-state index in [0.29, 0.717) is 12.3 Å². The van der Waals surface area contributed by atoms with Crippen LogP contribution < -0.4 is 10.1 Å². The van der Waals surface area contributed by atoms with Crippen LogP contribution in [0.3, 0.4) is 0 Å². The number of amides is 1. The third kappa shape index (κ3) is 3.56. The van der Waals surface area contributed by atoms with Crippen molar-refractivity contribution in [2.24, 2.45) is 0 Å². The molecule has 1 aromatic heterocycles. The topological polar surface area (TPSA) is 88.5 Å². The zero-order valence-electron chi connectivity index (χ0n) is 8.77. The number of carboxylic acid groups (broad SMARTS) is 1. The normalized spacial score (nSPS) is 9.56. The Morgan fingerprint density at radius 2 is 2.31 bits per heavy atom. The third-order valence-corrected chi connectivity index (χ3v) is 1.66. The van der Waals surface area contributed by atoms with Crippen LogP contribution in [0.5, 0.6) is 5.75 Å². The number of rotatable bonds is 5. The molecule has 1 amide bonds. The van der Waals surface area contributed by atoms with E-state index < -0.39 is 12.6 Å². The third-order valence-electron chi connectivity index (χ3n) is 1.66. The summed E-state index contributed by atoms with van der Waals surface area (Å²) in [7, 11) is 0. The van der Waals surface area contributed by atoms with E-state index in [1.807, 2.05) is 0 Å². The maximum absolute atomic E-state index is 11.4. The largest absolute Gasteiger partial charge is 0.482 e. The van der Waals surface area contributed by atoms with Crippen molar-refractivity contribution < 1.29 is 19.4 Å². The standard InChI is InChI=1S/C10H12N2O4/c1-2-11-10(15)8-5-7(3-4-12-8)16-6-9(13)14/h3-5H,2,6H2,1H3,(H,11,15)(H,13,14). The summed E-state index contributed by atoms with van der Waals surface area (Å²) in [4.78, 5) is 25.5. The summed E-state index contributed by atoms with van der Waals surface area (Å²) in [6.07, 6.45) is 1.39. The fraction of sp³-hybridized carbons (Fsp3) is 0.300. The second-order valence-electron chi connectivity index (χ2n) is 2.92. The van der Waals surface area contributed by atoms with Crippen molar-refractivity contribution >= 4 is 11.9 Å². The first kappa shape index (κ1) is 12.0. The number of ether oxygens (including phenoxy) is 1. The lowest BCUT2D eigenvalue weighted by molar-refractivity contribution is -0.139. The van der Waals surface area contributed by atoms with Crippen molar-refractivity contribution in [1.29, 1.82) is 0 Å². The summed E-state index contributed by atoms with van der Waals surface area (Å²) >= 11 is 0. The monoisotopic (exact) mass is 224 g/mol. The van der Waals surface area contributed by atoms with Crippen molar-refractivity contribution in [2.45, 2.75) is 6.92 Å². The van der Waals surface area contributed by atoms with Gasteiger partial charge in [0.15, 0.2) is 6.61 Å². The summed E-state index contributed by atoms with van der Waals surface area (Å²) in [5.74, 6) is -1.08. The van der Waals surface area contributed by atoms with E-state index >= 15 is 0 Å². The fourth-order valence-corrected chi connectivity index (χ4v) is 1.02. The SMILES string of the molecule is CCNC(=O)c1cc(OCC(=O)O)ccn1. The molecule has 1 rings (SSSR count). The quantitative estimate of drug-likeness (QED) is 0.750. The van der Waals surface area contributed by atoms with E-state index in [-0.39, 0.29) is 11.6 Å². The first-order valence-electron chi connectivity index (χ1n) is 4.72. The van der Waals surface area contributed by atoms with Crippen LogP contribution in [0.2, 0.25) is 0 Å². The fourth-order valence-electron chi connectivity index (χ4n) is 1.02. The van der Waals surface area contributed by atoms with E-state index in [4.69, 9.17) is 9.84 Å². The molecule has 0 saturated carbocycles. The molecule has 86 valence electrons. The molecule has 6 heteroatoms. The minimum atomic E-state index is -1.07. The number of nitrogens with zero attached hydrogens (tertiary/aromatic N) is 1. The zero-order chi connectivity index (χ0) is 12.0. The van der Waals surface area contributed by atoms with Crippen molar-refractivity contribution in [1.82, 2.24) is 10.3 Å². The molecule has 0 atom stereocenters. The number of aliphatic carboxylic acids is 1. The molecule has 0 radical (unpaired) electrons. The number of carbonyl (C=O) groups excluding carboxylic acids is 1. The van der Waals surface area contributed by atoms with Crippen LogP contribution in [0.4, 0.5) is 0 Å². The Bertz CT molecular complexity index is 392. The number of hydrogen-bond donors (Lipinski definition) is 2. The average Bonchev–Trinajstić information content (AvgIpc) is 2.27. The Hall–Kier alpha value is -2.11. The van der Waals surface area contributed by atoms with E-state index in [1.54, 1.807) is 6.92 Å². The number of carboxylic acids is 1. The summed E-state index contributed by atoms with van der Waals surface area (Å²) in [6.45, 7) is 1.85. The molecule has 0 fully saturated rings. The van der Waals surface area contributed by atoms with Crippen LogP contribution in [-0.2, 0) is 4.79 Å². The van der Waals surface area contributed by atoms with Gasteiger partial charge in [-0.1, -0.05) is 0 Å². The van der Waals surface area contributed by atoms with Gasteiger partial charge in [-0.2, -0.15) is 0 Å². The molecule has 1 heterocycles. The van der Waals surface area contributed by atoms with Gasteiger partial charge in [0.25, 0.3) is 5.91 Å². The lowest BCUT2D eigenvalue weighted by Crippen LogP contribution is -2.23. The summed E-state index contributed by atoms with van der Waals surface area (Å²) < 4.78 is 4.92. The second-order valence-corrected chi connectivity index (χ2v) is 2.92. The Morgan fingerprint density at radius 3 is 2.94 bits per heavy atom. The van der Waals surface area contributed by atoms with Gasteiger partial charge in [0.05, 0.1) is 0 Å². The first-order chi connectivity index (χ1) is 7.63. The Labute approximate surface area is 92.3 Å². The van der Waals surface area contributed by atoms with Crippen LogP contribution in [0, 0.1) is 0 Å². The molecule has 0 unspecified atom stereocenters. The number of aromatic nitrogens is 1. The predicted molar refractivity (Wildman–Crippen MR) is 55.4 cm³/mol. The van der Waals surface area contributed by atoms with Gasteiger partial charge in [-0.3, -0.25) is 9.78 Å². The van der Waals surface area contributed by atoms with Gasteiger partial charge in [0.2, 0.25) is 0 Å². The lowest BCUT2D eigenvalue weighted by Gasteiger charge is -2.05. The van der Waals surface area contributed by atoms with Gasteiger partial charge in [-0.15, -0.1) is 0 Å². The zero-order valence-corrected chi connectivity index (χ0v) is 8.77. The molecule has 0 aliphatic rings. The smallest absolute Gasteiger partial charge is 0.341 e. The predicted octanol–water partition coefficient (Wildman–Crippen LogP) is 0.295. The number of pyridine rings is 1. The maximum Gasteiger partial charge on any atom is 0.341 e. The number of hydrogen-bond acceptors (Lipinski definition) is 4. The maximum atomic E-state index is 11.4. The van der Waals surface area contributed by atoms with E-state index in [0.717, 1.165) is 0 Å². The minimum absolute atomic E-state index is 0.199. The highest BCUT2D eigenvalue weighted by molar-refractivity contribution is 5.92. The van der Waals surface area contributed by atoms with Crippen molar-refractivity contribution in [3.8, 4) is 5.75 Å². The Morgan fingerprint density at radius 1 is 1.56 bits per heavy atom. The highest BCUT2D eigenvalue weighted by Crippen LogP contribution is 2.10. The summed E-state index contributed by atoms with van der Waals surface area (Å²) in [5, 5.41) is 11.0. The van der Waals surface area contributed by atoms with Gasteiger partial charge in [0.1, 0.15) is 11.4 Å². The molecule has 1 aromatic rings. The molecule has 0 aliphatic heterocycles. The Balaban J connectivity index is 2.70. The van der Waals surface area contributed by atoms with Gasteiger partial charge in [-0.25, -0.2) is 4.79 Å². The van der Waals surface area contributed by atoms with Gasteiger partial charge >= 0.3 is 5.97 Å². The molecule has 0 bridgehead atoms. The van der Waals surface area contributed by atoms with Crippen LogP contribution in [0.25, 0.3) is 0 Å². The molecular formula is C10H12N2O4. The van der Waals surface area contributed by atoms with Gasteiger partial charge < -0.3 is 15.2 Å². The highest BCUT2D eigenvalue weighted by atomic mass is 16.5. The van der Waals surface area contributed by atoms with E-state index in [1.165, 1.54) is 18.3 Å². The molecule has 0 aromatic carbocycles. The molecule has 6 nitrogen and oxygen atoms in total. The molecule has 0 saturated heterocycles. The van der Waals surface area contributed by atoms with E-state index in [9.17, 15) is 9.59 Å². The van der Waals surface area contributed by atoms with Crippen LogP contribution in [-0.4, -0.2) is 35.1 Å². The van der Waals surface area contributed by atoms with Crippen LogP contribution >= 0.6 is 0 Å². The summed E-state index contributed by atoms with van der Waals surface area (Å²) in [6, 6.07) is 2.89. The van der Waals surface area contributed by atoms with Crippen LogP contribution in [0.15, 0.2) is 18.3 Å². The molecule has 0 aliphatic carbocycles. The minimum Gasteiger partial charge on any atom is -0.482 e. The Kier molecular flexibility index (Phi) is 4.26. The first-order valence-corrected chi connectivity index (χ1v) is 4.72. The molecule has 0 spiro atoms. The van der Waals surface area contributed by atoms with Gasteiger partial charge in [0, 0.05) is 18.8 Å². The highest BCUT2D eigenvalue weighted by Gasteiger charge is 2.07. The van der Waals surface area contributed by atoms with Crippen molar-refractivity contribution in [3.05, 3.63) is 24.0 Å². The van der Waals surface area contributed by atoms with Crippen LogP contribution in [0.1, 0.15) is 17.4 Å². The van der Waals surface area contributed by atoms with Crippen molar-refractivity contribution in [2.75, 3.05) is 13.2 Å². The number of nitrogens with one attached hydrogen (secondary N) is 1. The van der Waals surface area contributed by atoms with Crippen molar-refractivity contribution in [3.63, 3.8) is 0 Å². The second kappa shape index (κ2) is 5.69. The number of carbonyl (C=O) groups is 2. The van der Waals surface area contributed by atoms with E-state index in [2.05, 4.69) is 10.3 Å². The molecular weight excluding hydrogens is 212 g/mol. The molecule has 16 heavy (non-hydrogen) atoms. The average molecular weight is 224 g/mol. The summed E-state index contributed by atoms with van der Waals surface area (Å²) in [5.41, 5.74) is 0.199.